The monoisotopic (exact) mass is 342 g/mol. The molecule has 8 heteroatoms. The summed E-state index contributed by atoms with van der Waals surface area (Å²) in [6.07, 6.45) is -0.565. The minimum absolute atomic E-state index is 0.0395. The van der Waals surface area contributed by atoms with E-state index in [1.807, 2.05) is 0 Å². The first-order valence-corrected chi connectivity index (χ1v) is 7.43. The SMILES string of the molecule is C[C@H](NC(=O)OC(C)(C)C)[C@H](C)Nc1nc(Cl)c(C#N)cc1F. The number of rotatable bonds is 4. The van der Waals surface area contributed by atoms with E-state index in [9.17, 15) is 9.18 Å². The first-order chi connectivity index (χ1) is 10.5. The number of pyridine rings is 1. The van der Waals surface area contributed by atoms with Gasteiger partial charge in [0, 0.05) is 12.1 Å². The molecule has 1 aromatic rings. The molecule has 0 aromatic carbocycles. The van der Waals surface area contributed by atoms with Crippen molar-refractivity contribution >= 4 is 23.5 Å². The summed E-state index contributed by atoms with van der Waals surface area (Å²) in [5.74, 6) is -0.776. The van der Waals surface area contributed by atoms with E-state index in [2.05, 4.69) is 15.6 Å². The molecule has 23 heavy (non-hydrogen) atoms. The Hall–Kier alpha value is -2.07. The molecule has 126 valence electrons. The molecule has 0 bridgehead atoms. The Morgan fingerprint density at radius 2 is 2.04 bits per heavy atom. The molecule has 1 aromatic heterocycles. The number of ether oxygens (including phenoxy) is 1. The fraction of sp³-hybridized carbons (Fsp3) is 0.533. The molecular weight excluding hydrogens is 323 g/mol. The van der Waals surface area contributed by atoms with Crippen molar-refractivity contribution in [2.75, 3.05) is 5.32 Å². The predicted octanol–water partition coefficient (Wildman–Crippen LogP) is 3.46. The Balaban J connectivity index is 2.72. The van der Waals surface area contributed by atoms with Crippen molar-refractivity contribution < 1.29 is 13.9 Å². The minimum Gasteiger partial charge on any atom is -0.444 e. The van der Waals surface area contributed by atoms with Crippen LogP contribution in [0.2, 0.25) is 5.15 Å². The molecule has 1 amide bonds. The third kappa shape index (κ3) is 5.91. The van der Waals surface area contributed by atoms with Gasteiger partial charge >= 0.3 is 6.09 Å². The van der Waals surface area contributed by atoms with Crippen molar-refractivity contribution in [3.63, 3.8) is 0 Å². The Labute approximate surface area is 140 Å². The zero-order valence-electron chi connectivity index (χ0n) is 13.7. The number of aromatic nitrogens is 1. The van der Waals surface area contributed by atoms with E-state index >= 15 is 0 Å². The standard InChI is InChI=1S/C15H20ClFN4O2/c1-8(9(2)20-14(22)23-15(3,4)5)19-13-11(17)6-10(7-18)12(16)21-13/h6,8-9H,1-5H3,(H,19,21)(H,20,22)/t8-,9-/m0/s1. The number of amides is 1. The zero-order valence-corrected chi connectivity index (χ0v) is 14.5. The van der Waals surface area contributed by atoms with Gasteiger partial charge in [0.05, 0.1) is 5.56 Å². The van der Waals surface area contributed by atoms with Crippen LogP contribution in [-0.4, -0.2) is 28.8 Å². The van der Waals surface area contributed by atoms with Crippen molar-refractivity contribution in [1.29, 1.82) is 5.26 Å². The van der Waals surface area contributed by atoms with Gasteiger partial charge in [-0.05, 0) is 40.7 Å². The summed E-state index contributed by atoms with van der Waals surface area (Å²) < 4.78 is 19.0. The number of hydrogen-bond donors (Lipinski definition) is 2. The van der Waals surface area contributed by atoms with E-state index in [0.717, 1.165) is 6.07 Å². The van der Waals surface area contributed by atoms with E-state index in [-0.39, 0.29) is 28.6 Å². The maximum absolute atomic E-state index is 13.9. The van der Waals surface area contributed by atoms with Crippen LogP contribution in [0.4, 0.5) is 15.0 Å². The lowest BCUT2D eigenvalue weighted by Crippen LogP contribution is -2.45. The summed E-state index contributed by atoms with van der Waals surface area (Å²) in [6, 6.07) is 2.05. The van der Waals surface area contributed by atoms with Gasteiger partial charge in [0.2, 0.25) is 0 Å². The molecule has 0 aliphatic carbocycles. The fourth-order valence-corrected chi connectivity index (χ4v) is 1.79. The highest BCUT2D eigenvalue weighted by atomic mass is 35.5. The van der Waals surface area contributed by atoms with E-state index < -0.39 is 17.5 Å². The van der Waals surface area contributed by atoms with Gasteiger partial charge in [-0.1, -0.05) is 11.6 Å². The van der Waals surface area contributed by atoms with Crippen LogP contribution in [0.1, 0.15) is 40.2 Å². The van der Waals surface area contributed by atoms with Gasteiger partial charge in [-0.15, -0.1) is 0 Å². The largest absolute Gasteiger partial charge is 0.444 e. The zero-order chi connectivity index (χ0) is 17.8. The molecule has 1 heterocycles. The smallest absolute Gasteiger partial charge is 0.407 e. The van der Waals surface area contributed by atoms with Gasteiger partial charge in [0.15, 0.2) is 11.6 Å². The Morgan fingerprint density at radius 3 is 2.57 bits per heavy atom. The molecule has 0 fully saturated rings. The summed E-state index contributed by atoms with van der Waals surface area (Å²) in [6.45, 7) is 8.77. The van der Waals surface area contributed by atoms with Crippen LogP contribution in [0, 0.1) is 17.1 Å². The third-order valence-electron chi connectivity index (χ3n) is 2.91. The number of carbonyl (C=O) groups is 1. The fourth-order valence-electron chi connectivity index (χ4n) is 1.61. The van der Waals surface area contributed by atoms with Crippen LogP contribution in [0.5, 0.6) is 0 Å². The lowest BCUT2D eigenvalue weighted by atomic mass is 10.1. The molecule has 0 saturated carbocycles. The molecule has 6 nitrogen and oxygen atoms in total. The number of nitrogens with one attached hydrogen (secondary N) is 2. The molecule has 1 rings (SSSR count). The first-order valence-electron chi connectivity index (χ1n) is 7.05. The van der Waals surface area contributed by atoms with Crippen molar-refractivity contribution in [3.8, 4) is 6.07 Å². The topological polar surface area (TPSA) is 87.0 Å². The number of nitriles is 1. The van der Waals surface area contributed by atoms with E-state index in [4.69, 9.17) is 21.6 Å². The van der Waals surface area contributed by atoms with Gasteiger partial charge in [-0.25, -0.2) is 14.2 Å². The Kier molecular flexibility index (Phi) is 6.16. The van der Waals surface area contributed by atoms with E-state index in [0.29, 0.717) is 0 Å². The van der Waals surface area contributed by atoms with Crippen molar-refractivity contribution in [3.05, 3.63) is 22.6 Å². The molecule has 0 aliphatic heterocycles. The number of anilines is 1. The van der Waals surface area contributed by atoms with Gasteiger partial charge in [0.25, 0.3) is 0 Å². The van der Waals surface area contributed by atoms with Gasteiger partial charge in [0.1, 0.15) is 16.8 Å². The summed E-state index contributed by atoms with van der Waals surface area (Å²) in [5.41, 5.74) is -0.642. The summed E-state index contributed by atoms with van der Waals surface area (Å²) in [7, 11) is 0. The highest BCUT2D eigenvalue weighted by Crippen LogP contribution is 2.20. The van der Waals surface area contributed by atoms with Crippen molar-refractivity contribution in [1.82, 2.24) is 10.3 Å². The molecule has 0 saturated heterocycles. The molecule has 0 spiro atoms. The summed E-state index contributed by atoms with van der Waals surface area (Å²) >= 11 is 5.79. The molecule has 2 N–H and O–H groups in total. The Bertz CT molecular complexity index is 625. The van der Waals surface area contributed by atoms with Crippen molar-refractivity contribution in [2.24, 2.45) is 0 Å². The summed E-state index contributed by atoms with van der Waals surface area (Å²) in [5, 5.41) is 14.2. The van der Waals surface area contributed by atoms with Crippen molar-refractivity contribution in [2.45, 2.75) is 52.3 Å². The molecule has 2 atom stereocenters. The molecule has 0 radical (unpaired) electrons. The van der Waals surface area contributed by atoms with Crippen LogP contribution in [-0.2, 0) is 4.74 Å². The number of halogens is 2. The number of hydrogen-bond acceptors (Lipinski definition) is 5. The summed E-state index contributed by atoms with van der Waals surface area (Å²) in [4.78, 5) is 15.5. The quantitative estimate of drug-likeness (QED) is 0.818. The van der Waals surface area contributed by atoms with E-state index in [1.165, 1.54) is 0 Å². The van der Waals surface area contributed by atoms with Crippen LogP contribution in [0.3, 0.4) is 0 Å². The van der Waals surface area contributed by atoms with Gasteiger partial charge in [-0.2, -0.15) is 5.26 Å². The molecule has 0 unspecified atom stereocenters. The maximum atomic E-state index is 13.9. The van der Waals surface area contributed by atoms with Crippen LogP contribution < -0.4 is 10.6 Å². The average Bonchev–Trinajstić information content (AvgIpc) is 2.39. The van der Waals surface area contributed by atoms with Crippen LogP contribution >= 0.6 is 11.6 Å². The number of nitrogens with zero attached hydrogens (tertiary/aromatic N) is 2. The molecular formula is C15H20ClFN4O2. The first kappa shape index (κ1) is 19.0. The maximum Gasteiger partial charge on any atom is 0.407 e. The second-order valence-corrected chi connectivity index (χ2v) is 6.49. The number of alkyl carbamates (subject to hydrolysis) is 1. The average molecular weight is 343 g/mol. The second-order valence-electron chi connectivity index (χ2n) is 6.14. The number of carbonyl (C=O) groups excluding carboxylic acids is 1. The predicted molar refractivity (Wildman–Crippen MR) is 85.8 cm³/mol. The van der Waals surface area contributed by atoms with Gasteiger partial charge in [-0.3, -0.25) is 0 Å². The van der Waals surface area contributed by atoms with Crippen LogP contribution in [0.15, 0.2) is 6.07 Å². The minimum atomic E-state index is -0.692. The lowest BCUT2D eigenvalue weighted by molar-refractivity contribution is 0.0504. The lowest BCUT2D eigenvalue weighted by Gasteiger charge is -2.26. The Morgan fingerprint density at radius 1 is 1.43 bits per heavy atom. The van der Waals surface area contributed by atoms with Gasteiger partial charge < -0.3 is 15.4 Å². The highest BCUT2D eigenvalue weighted by Gasteiger charge is 2.21. The second kappa shape index (κ2) is 7.47. The van der Waals surface area contributed by atoms with E-state index in [1.54, 1.807) is 40.7 Å². The van der Waals surface area contributed by atoms with Crippen LogP contribution in [0.25, 0.3) is 0 Å². The molecule has 0 aliphatic rings. The normalized spacial score (nSPS) is 13.7. The highest BCUT2D eigenvalue weighted by molar-refractivity contribution is 6.30. The third-order valence-corrected chi connectivity index (χ3v) is 3.20.